The molecule has 3 heteroatoms. The van der Waals surface area contributed by atoms with Crippen molar-refractivity contribution in [3.05, 3.63) is 36.4 Å². The zero-order valence-electron chi connectivity index (χ0n) is 9.69. The number of rotatable bonds is 5. The summed E-state index contributed by atoms with van der Waals surface area (Å²) in [7, 11) is 0. The molecule has 0 aliphatic rings. The number of benzene rings is 1. The molecular weight excluding hydrogens is 202 g/mol. The standard InChI is InChI=1S/C13H17NO2/c1-3-7-13(15)14-11-8-5-6-9-12(11)16-10-4-2/h3,5-9H,4,10H2,1-2H3,(H,14,15). The summed E-state index contributed by atoms with van der Waals surface area (Å²) in [6.07, 6.45) is 4.12. The zero-order chi connectivity index (χ0) is 11.8. The van der Waals surface area contributed by atoms with Crippen LogP contribution >= 0.6 is 0 Å². The minimum atomic E-state index is -0.143. The third kappa shape index (κ3) is 3.77. The highest BCUT2D eigenvalue weighted by molar-refractivity contribution is 6.00. The Kier molecular flexibility index (Phi) is 5.12. The van der Waals surface area contributed by atoms with E-state index in [0.29, 0.717) is 18.0 Å². The molecule has 1 N–H and O–H groups in total. The molecule has 1 aromatic rings. The minimum absolute atomic E-state index is 0.143. The molecule has 0 heterocycles. The van der Waals surface area contributed by atoms with E-state index in [2.05, 4.69) is 5.32 Å². The molecule has 16 heavy (non-hydrogen) atoms. The first-order valence-electron chi connectivity index (χ1n) is 5.43. The fourth-order valence-corrected chi connectivity index (χ4v) is 1.23. The number of carbonyl (C=O) groups excluding carboxylic acids is 1. The van der Waals surface area contributed by atoms with E-state index in [4.69, 9.17) is 4.74 Å². The van der Waals surface area contributed by atoms with Gasteiger partial charge in [-0.15, -0.1) is 0 Å². The highest BCUT2D eigenvalue weighted by atomic mass is 16.5. The van der Waals surface area contributed by atoms with Gasteiger partial charge in [0.1, 0.15) is 5.75 Å². The van der Waals surface area contributed by atoms with Crippen molar-refractivity contribution >= 4 is 11.6 Å². The lowest BCUT2D eigenvalue weighted by Gasteiger charge is -2.10. The number of hydrogen-bond acceptors (Lipinski definition) is 2. The van der Waals surface area contributed by atoms with Gasteiger partial charge in [-0.25, -0.2) is 0 Å². The van der Waals surface area contributed by atoms with Crippen LogP contribution in [0.5, 0.6) is 5.75 Å². The molecule has 1 aromatic carbocycles. The normalized spacial score (nSPS) is 10.4. The maximum atomic E-state index is 11.4. The largest absolute Gasteiger partial charge is 0.491 e. The second-order valence-corrected chi connectivity index (χ2v) is 3.33. The molecule has 0 aromatic heterocycles. The van der Waals surface area contributed by atoms with Crippen LogP contribution in [0.25, 0.3) is 0 Å². The van der Waals surface area contributed by atoms with Crippen molar-refractivity contribution in [3.63, 3.8) is 0 Å². The first kappa shape index (κ1) is 12.3. The summed E-state index contributed by atoms with van der Waals surface area (Å²) in [6.45, 7) is 4.50. The molecule has 0 aliphatic carbocycles. The van der Waals surface area contributed by atoms with E-state index in [1.807, 2.05) is 31.2 Å². The second-order valence-electron chi connectivity index (χ2n) is 3.33. The Hall–Kier alpha value is -1.77. The highest BCUT2D eigenvalue weighted by Gasteiger charge is 2.04. The Labute approximate surface area is 96.1 Å². The van der Waals surface area contributed by atoms with Crippen LogP contribution < -0.4 is 10.1 Å². The Morgan fingerprint density at radius 3 is 2.88 bits per heavy atom. The van der Waals surface area contributed by atoms with Crippen molar-refractivity contribution in [1.29, 1.82) is 0 Å². The summed E-state index contributed by atoms with van der Waals surface area (Å²) in [5.41, 5.74) is 0.707. The number of para-hydroxylation sites is 2. The van der Waals surface area contributed by atoms with Gasteiger partial charge in [0, 0.05) is 0 Å². The third-order valence-corrected chi connectivity index (χ3v) is 1.92. The van der Waals surface area contributed by atoms with Crippen LogP contribution in [0.1, 0.15) is 20.3 Å². The molecule has 86 valence electrons. The molecule has 0 saturated heterocycles. The van der Waals surface area contributed by atoms with Gasteiger partial charge in [0.05, 0.1) is 12.3 Å². The van der Waals surface area contributed by atoms with Crippen LogP contribution in [0.2, 0.25) is 0 Å². The predicted molar refractivity (Wildman–Crippen MR) is 65.7 cm³/mol. The van der Waals surface area contributed by atoms with Crippen LogP contribution in [0.3, 0.4) is 0 Å². The van der Waals surface area contributed by atoms with Crippen molar-refractivity contribution in [2.45, 2.75) is 20.3 Å². The molecule has 0 spiro atoms. The Balaban J connectivity index is 2.74. The summed E-state index contributed by atoms with van der Waals surface area (Å²) in [5, 5.41) is 2.77. The summed E-state index contributed by atoms with van der Waals surface area (Å²) in [6, 6.07) is 7.42. The van der Waals surface area contributed by atoms with Gasteiger partial charge in [0.25, 0.3) is 0 Å². The molecule has 3 nitrogen and oxygen atoms in total. The predicted octanol–water partition coefficient (Wildman–Crippen LogP) is 2.99. The molecule has 0 atom stereocenters. The second kappa shape index (κ2) is 6.67. The SMILES string of the molecule is CC=CC(=O)Nc1ccccc1OCCC. The molecule has 0 bridgehead atoms. The van der Waals surface area contributed by atoms with E-state index in [1.165, 1.54) is 6.08 Å². The van der Waals surface area contributed by atoms with Crippen molar-refractivity contribution < 1.29 is 9.53 Å². The summed E-state index contributed by atoms with van der Waals surface area (Å²) in [5.74, 6) is 0.567. The molecule has 1 rings (SSSR count). The fourth-order valence-electron chi connectivity index (χ4n) is 1.23. The Bertz CT molecular complexity index is 372. The molecule has 0 radical (unpaired) electrons. The number of allylic oxidation sites excluding steroid dienone is 1. The van der Waals surface area contributed by atoms with Gasteiger partial charge < -0.3 is 10.1 Å². The topological polar surface area (TPSA) is 38.3 Å². The van der Waals surface area contributed by atoms with Crippen LogP contribution in [0, 0.1) is 0 Å². The summed E-state index contributed by atoms with van der Waals surface area (Å²) >= 11 is 0. The zero-order valence-corrected chi connectivity index (χ0v) is 9.69. The van der Waals surface area contributed by atoms with Crippen LogP contribution in [-0.2, 0) is 4.79 Å². The first-order chi connectivity index (χ1) is 7.77. The quantitative estimate of drug-likeness (QED) is 0.773. The fraction of sp³-hybridized carbons (Fsp3) is 0.308. The summed E-state index contributed by atoms with van der Waals surface area (Å²) < 4.78 is 5.53. The van der Waals surface area contributed by atoms with E-state index in [-0.39, 0.29) is 5.91 Å². The lowest BCUT2D eigenvalue weighted by molar-refractivity contribution is -0.111. The van der Waals surface area contributed by atoms with Gasteiger partial charge in [-0.3, -0.25) is 4.79 Å². The van der Waals surface area contributed by atoms with E-state index >= 15 is 0 Å². The van der Waals surface area contributed by atoms with Crippen molar-refractivity contribution in [3.8, 4) is 5.75 Å². The highest BCUT2D eigenvalue weighted by Crippen LogP contribution is 2.23. The van der Waals surface area contributed by atoms with Crippen molar-refractivity contribution in [1.82, 2.24) is 0 Å². The summed E-state index contributed by atoms with van der Waals surface area (Å²) in [4.78, 5) is 11.4. The number of anilines is 1. The van der Waals surface area contributed by atoms with Crippen LogP contribution in [0.4, 0.5) is 5.69 Å². The number of amides is 1. The smallest absolute Gasteiger partial charge is 0.248 e. The monoisotopic (exact) mass is 219 g/mol. The van der Waals surface area contributed by atoms with E-state index in [9.17, 15) is 4.79 Å². The lowest BCUT2D eigenvalue weighted by Crippen LogP contribution is -2.09. The lowest BCUT2D eigenvalue weighted by atomic mass is 10.3. The van der Waals surface area contributed by atoms with Gasteiger partial charge in [0.2, 0.25) is 5.91 Å². The average Bonchev–Trinajstić information content (AvgIpc) is 2.28. The molecule has 0 saturated carbocycles. The van der Waals surface area contributed by atoms with Crippen LogP contribution in [-0.4, -0.2) is 12.5 Å². The minimum Gasteiger partial charge on any atom is -0.491 e. The molecule has 0 unspecified atom stereocenters. The van der Waals surface area contributed by atoms with Gasteiger partial charge in [-0.05, 0) is 31.6 Å². The van der Waals surface area contributed by atoms with Gasteiger partial charge in [-0.1, -0.05) is 25.1 Å². The molecular formula is C13H17NO2. The van der Waals surface area contributed by atoms with Gasteiger partial charge in [-0.2, -0.15) is 0 Å². The Morgan fingerprint density at radius 1 is 1.44 bits per heavy atom. The Morgan fingerprint density at radius 2 is 2.19 bits per heavy atom. The number of hydrogen-bond donors (Lipinski definition) is 1. The number of ether oxygens (including phenoxy) is 1. The first-order valence-corrected chi connectivity index (χ1v) is 5.43. The molecule has 1 amide bonds. The molecule has 0 aliphatic heterocycles. The number of nitrogens with one attached hydrogen (secondary N) is 1. The van der Waals surface area contributed by atoms with Gasteiger partial charge >= 0.3 is 0 Å². The average molecular weight is 219 g/mol. The van der Waals surface area contributed by atoms with E-state index < -0.39 is 0 Å². The van der Waals surface area contributed by atoms with Crippen LogP contribution in [0.15, 0.2) is 36.4 Å². The maximum absolute atomic E-state index is 11.4. The van der Waals surface area contributed by atoms with Crippen molar-refractivity contribution in [2.24, 2.45) is 0 Å². The molecule has 0 fully saturated rings. The van der Waals surface area contributed by atoms with E-state index in [1.54, 1.807) is 13.0 Å². The van der Waals surface area contributed by atoms with E-state index in [0.717, 1.165) is 6.42 Å². The van der Waals surface area contributed by atoms with Crippen molar-refractivity contribution in [2.75, 3.05) is 11.9 Å². The maximum Gasteiger partial charge on any atom is 0.248 e. The third-order valence-electron chi connectivity index (χ3n) is 1.92. The number of carbonyl (C=O) groups is 1. The van der Waals surface area contributed by atoms with Gasteiger partial charge in [0.15, 0.2) is 0 Å².